The summed E-state index contributed by atoms with van der Waals surface area (Å²) in [6.45, 7) is 6.16. The second-order valence-corrected chi connectivity index (χ2v) is 6.30. The number of ether oxygens (including phenoxy) is 1. The molecule has 0 unspecified atom stereocenters. The van der Waals surface area contributed by atoms with Crippen LogP contribution in [0.5, 0.6) is 5.75 Å². The highest BCUT2D eigenvalue weighted by Gasteiger charge is 2.14. The SMILES string of the molecule is CC(=O)c1cc(-c2ccnn2C(C)C)ccc1OCc1ccccc1. The van der Waals surface area contributed by atoms with Crippen LogP contribution in [-0.2, 0) is 6.61 Å². The molecule has 4 heteroatoms. The summed E-state index contributed by atoms with van der Waals surface area (Å²) >= 11 is 0. The zero-order valence-electron chi connectivity index (χ0n) is 14.8. The summed E-state index contributed by atoms with van der Waals surface area (Å²) in [6.07, 6.45) is 1.78. The van der Waals surface area contributed by atoms with Crippen LogP contribution in [0.4, 0.5) is 0 Å². The van der Waals surface area contributed by atoms with Crippen LogP contribution in [0, 0.1) is 0 Å². The van der Waals surface area contributed by atoms with Gasteiger partial charge >= 0.3 is 0 Å². The van der Waals surface area contributed by atoms with Gasteiger partial charge in [-0.05, 0) is 50.6 Å². The zero-order valence-corrected chi connectivity index (χ0v) is 14.8. The van der Waals surface area contributed by atoms with Crippen LogP contribution >= 0.6 is 0 Å². The van der Waals surface area contributed by atoms with Gasteiger partial charge in [-0.15, -0.1) is 0 Å². The highest BCUT2D eigenvalue weighted by atomic mass is 16.5. The van der Waals surface area contributed by atoms with Gasteiger partial charge in [0.05, 0.1) is 11.3 Å². The zero-order chi connectivity index (χ0) is 17.8. The fourth-order valence-electron chi connectivity index (χ4n) is 2.78. The Bertz CT molecular complexity index is 867. The molecule has 0 spiro atoms. The van der Waals surface area contributed by atoms with E-state index in [1.807, 2.05) is 59.3 Å². The largest absolute Gasteiger partial charge is 0.488 e. The van der Waals surface area contributed by atoms with Crippen molar-refractivity contribution in [3.63, 3.8) is 0 Å². The van der Waals surface area contributed by atoms with Gasteiger partial charge < -0.3 is 4.74 Å². The Morgan fingerprint density at radius 3 is 2.56 bits per heavy atom. The molecule has 1 aromatic heterocycles. The second kappa shape index (κ2) is 7.34. The van der Waals surface area contributed by atoms with E-state index in [4.69, 9.17) is 4.74 Å². The molecule has 0 aliphatic heterocycles. The van der Waals surface area contributed by atoms with Gasteiger partial charge in [-0.1, -0.05) is 30.3 Å². The lowest BCUT2D eigenvalue weighted by Crippen LogP contribution is -2.06. The molecule has 0 atom stereocenters. The molecule has 1 heterocycles. The van der Waals surface area contributed by atoms with E-state index in [2.05, 4.69) is 18.9 Å². The number of nitrogens with zero attached hydrogens (tertiary/aromatic N) is 2. The van der Waals surface area contributed by atoms with Crippen LogP contribution in [-0.4, -0.2) is 15.6 Å². The van der Waals surface area contributed by atoms with Crippen molar-refractivity contribution in [1.82, 2.24) is 9.78 Å². The van der Waals surface area contributed by atoms with E-state index < -0.39 is 0 Å². The highest BCUT2D eigenvalue weighted by molar-refractivity contribution is 5.98. The van der Waals surface area contributed by atoms with E-state index in [0.717, 1.165) is 16.8 Å². The lowest BCUT2D eigenvalue weighted by Gasteiger charge is -2.14. The monoisotopic (exact) mass is 334 g/mol. The summed E-state index contributed by atoms with van der Waals surface area (Å²) in [5.41, 5.74) is 3.61. The Labute approximate surface area is 148 Å². The Morgan fingerprint density at radius 2 is 1.88 bits per heavy atom. The molecule has 128 valence electrons. The van der Waals surface area contributed by atoms with E-state index >= 15 is 0 Å². The van der Waals surface area contributed by atoms with Crippen LogP contribution in [0.2, 0.25) is 0 Å². The summed E-state index contributed by atoms with van der Waals surface area (Å²) in [7, 11) is 0. The molecule has 0 fully saturated rings. The lowest BCUT2D eigenvalue weighted by molar-refractivity contribution is 0.101. The third-order valence-electron chi connectivity index (χ3n) is 4.05. The molecule has 4 nitrogen and oxygen atoms in total. The number of carbonyl (C=O) groups excluding carboxylic acids is 1. The Kier molecular flexibility index (Phi) is 4.98. The van der Waals surface area contributed by atoms with Gasteiger partial charge in [-0.2, -0.15) is 5.10 Å². The topological polar surface area (TPSA) is 44.1 Å². The average Bonchev–Trinajstić information content (AvgIpc) is 3.10. The molecule has 0 aliphatic rings. The molecule has 0 amide bonds. The van der Waals surface area contributed by atoms with Gasteiger partial charge in [0.25, 0.3) is 0 Å². The molecule has 0 radical (unpaired) electrons. The van der Waals surface area contributed by atoms with Gasteiger partial charge in [-0.3, -0.25) is 9.48 Å². The Hall–Kier alpha value is -2.88. The molecule has 0 saturated heterocycles. The van der Waals surface area contributed by atoms with Crippen molar-refractivity contribution in [2.75, 3.05) is 0 Å². The molecule has 0 bridgehead atoms. The first-order valence-corrected chi connectivity index (χ1v) is 8.42. The predicted octanol–water partition coefficient (Wildman–Crippen LogP) is 4.91. The minimum absolute atomic E-state index is 0.0134. The van der Waals surface area contributed by atoms with Gasteiger partial charge in [0, 0.05) is 17.8 Å². The van der Waals surface area contributed by atoms with Crippen molar-refractivity contribution < 1.29 is 9.53 Å². The van der Waals surface area contributed by atoms with Crippen LogP contribution < -0.4 is 4.74 Å². The number of ketones is 1. The van der Waals surface area contributed by atoms with Crippen molar-refractivity contribution in [3.8, 4) is 17.0 Å². The minimum atomic E-state index is -0.0134. The van der Waals surface area contributed by atoms with Gasteiger partial charge in [0.1, 0.15) is 12.4 Å². The number of carbonyl (C=O) groups is 1. The summed E-state index contributed by atoms with van der Waals surface area (Å²) in [6, 6.07) is 17.9. The van der Waals surface area contributed by atoms with Crippen LogP contribution in [0.1, 0.15) is 42.7 Å². The number of benzene rings is 2. The predicted molar refractivity (Wildman–Crippen MR) is 98.8 cm³/mol. The molecule has 25 heavy (non-hydrogen) atoms. The molecule has 2 aromatic carbocycles. The van der Waals surface area contributed by atoms with Crippen LogP contribution in [0.15, 0.2) is 60.8 Å². The molecule has 0 N–H and O–H groups in total. The number of hydrogen-bond donors (Lipinski definition) is 0. The molecule has 3 rings (SSSR count). The maximum atomic E-state index is 12.1. The Morgan fingerprint density at radius 1 is 1.12 bits per heavy atom. The molecule has 3 aromatic rings. The van der Waals surface area contributed by atoms with Gasteiger partial charge in [0.15, 0.2) is 5.78 Å². The summed E-state index contributed by atoms with van der Waals surface area (Å²) in [5, 5.41) is 4.37. The van der Waals surface area contributed by atoms with Crippen molar-refractivity contribution in [2.24, 2.45) is 0 Å². The van der Waals surface area contributed by atoms with E-state index in [-0.39, 0.29) is 11.8 Å². The van der Waals surface area contributed by atoms with Crippen LogP contribution in [0.3, 0.4) is 0 Å². The second-order valence-electron chi connectivity index (χ2n) is 6.30. The first kappa shape index (κ1) is 17.0. The smallest absolute Gasteiger partial charge is 0.163 e. The number of aromatic nitrogens is 2. The average molecular weight is 334 g/mol. The van der Waals surface area contributed by atoms with Gasteiger partial charge in [0.2, 0.25) is 0 Å². The summed E-state index contributed by atoms with van der Waals surface area (Å²) < 4.78 is 7.84. The lowest BCUT2D eigenvalue weighted by atomic mass is 10.0. The van der Waals surface area contributed by atoms with Crippen molar-refractivity contribution in [1.29, 1.82) is 0 Å². The third-order valence-corrected chi connectivity index (χ3v) is 4.05. The fourth-order valence-corrected chi connectivity index (χ4v) is 2.78. The standard InChI is InChI=1S/C21H22N2O2/c1-15(2)23-20(11-12-22-23)18-9-10-21(19(13-18)16(3)24)25-14-17-7-5-4-6-8-17/h4-13,15H,14H2,1-3H3. The van der Waals surface area contributed by atoms with Crippen molar-refractivity contribution in [2.45, 2.75) is 33.4 Å². The Balaban J connectivity index is 1.90. The summed E-state index contributed by atoms with van der Waals surface area (Å²) in [5.74, 6) is 0.594. The number of rotatable bonds is 6. The normalized spacial score (nSPS) is 10.9. The minimum Gasteiger partial charge on any atom is -0.488 e. The first-order chi connectivity index (χ1) is 12.1. The van der Waals surface area contributed by atoms with E-state index in [1.165, 1.54) is 0 Å². The van der Waals surface area contributed by atoms with Gasteiger partial charge in [-0.25, -0.2) is 0 Å². The van der Waals surface area contributed by atoms with Crippen molar-refractivity contribution >= 4 is 5.78 Å². The quantitative estimate of drug-likeness (QED) is 0.601. The molecule has 0 saturated carbocycles. The molecular formula is C21H22N2O2. The maximum absolute atomic E-state index is 12.1. The molecular weight excluding hydrogens is 312 g/mol. The number of hydrogen-bond acceptors (Lipinski definition) is 3. The maximum Gasteiger partial charge on any atom is 0.163 e. The van der Waals surface area contributed by atoms with Crippen molar-refractivity contribution in [3.05, 3.63) is 71.9 Å². The fraction of sp³-hybridized carbons (Fsp3) is 0.238. The van der Waals surface area contributed by atoms with E-state index in [0.29, 0.717) is 17.9 Å². The highest BCUT2D eigenvalue weighted by Crippen LogP contribution is 2.29. The van der Waals surface area contributed by atoms with Crippen LogP contribution in [0.25, 0.3) is 11.3 Å². The van der Waals surface area contributed by atoms with E-state index in [9.17, 15) is 4.79 Å². The number of Topliss-reactive ketones (excluding diaryl/α,β-unsaturated/α-hetero) is 1. The van der Waals surface area contributed by atoms with E-state index in [1.54, 1.807) is 13.1 Å². The summed E-state index contributed by atoms with van der Waals surface area (Å²) in [4.78, 5) is 12.1. The first-order valence-electron chi connectivity index (χ1n) is 8.42. The third kappa shape index (κ3) is 3.79. The molecule has 0 aliphatic carbocycles.